The van der Waals surface area contributed by atoms with E-state index in [2.05, 4.69) is 39.5 Å². The molecule has 0 aliphatic carbocycles. The second kappa shape index (κ2) is 8.55. The average Bonchev–Trinajstić information content (AvgIpc) is 2.65. The lowest BCUT2D eigenvalue weighted by Gasteiger charge is -2.35. The van der Waals surface area contributed by atoms with Crippen molar-refractivity contribution in [3.8, 4) is 0 Å². The van der Waals surface area contributed by atoms with Crippen LogP contribution >= 0.6 is 0 Å². The van der Waals surface area contributed by atoms with Crippen molar-refractivity contribution in [1.29, 1.82) is 0 Å². The number of aromatic nitrogens is 1. The maximum Gasteiger partial charge on any atom is 0.270 e. The molecule has 0 radical (unpaired) electrons. The first-order valence-corrected chi connectivity index (χ1v) is 8.56. The van der Waals surface area contributed by atoms with Gasteiger partial charge >= 0.3 is 0 Å². The van der Waals surface area contributed by atoms with Crippen molar-refractivity contribution >= 4 is 12.0 Å². The van der Waals surface area contributed by atoms with Gasteiger partial charge in [-0.1, -0.05) is 48.6 Å². The summed E-state index contributed by atoms with van der Waals surface area (Å²) in [5, 5.41) is 13.2. The highest BCUT2D eigenvalue weighted by Crippen LogP contribution is 2.12. The van der Waals surface area contributed by atoms with E-state index in [1.165, 1.54) is 5.56 Å². The molecule has 3 rings (SSSR count). The summed E-state index contributed by atoms with van der Waals surface area (Å²) in [7, 11) is 0. The van der Waals surface area contributed by atoms with Gasteiger partial charge in [-0.3, -0.25) is 14.7 Å². The number of aliphatic hydroxyl groups excluding tert-OH is 1. The first kappa shape index (κ1) is 17.3. The Kier molecular flexibility index (Phi) is 5.93. The molecule has 0 spiro atoms. The number of hydrogen-bond donors (Lipinski definition) is 2. The second-order valence-electron chi connectivity index (χ2n) is 6.22. The summed E-state index contributed by atoms with van der Waals surface area (Å²) in [6.07, 6.45) is 5.92. The number of carbonyl (C=O) groups is 1. The van der Waals surface area contributed by atoms with E-state index in [1.807, 2.05) is 18.2 Å². The van der Waals surface area contributed by atoms with Crippen LogP contribution in [-0.4, -0.2) is 52.7 Å². The van der Waals surface area contributed by atoms with Crippen LogP contribution in [0.5, 0.6) is 0 Å². The van der Waals surface area contributed by atoms with Crippen LogP contribution in [0.1, 0.15) is 22.5 Å². The lowest BCUT2D eigenvalue weighted by Crippen LogP contribution is -2.54. The van der Waals surface area contributed by atoms with Gasteiger partial charge in [-0.25, -0.2) is 0 Å². The van der Waals surface area contributed by atoms with Crippen molar-refractivity contribution < 1.29 is 9.90 Å². The Morgan fingerprint density at radius 3 is 2.76 bits per heavy atom. The fourth-order valence-electron chi connectivity index (χ4n) is 2.97. The molecular weight excluding hydrogens is 314 g/mol. The third kappa shape index (κ3) is 4.98. The van der Waals surface area contributed by atoms with Gasteiger partial charge in [0.2, 0.25) is 0 Å². The van der Waals surface area contributed by atoms with Crippen molar-refractivity contribution in [2.75, 3.05) is 19.6 Å². The predicted molar refractivity (Wildman–Crippen MR) is 98.0 cm³/mol. The highest BCUT2D eigenvalue weighted by atomic mass is 16.3. The topological polar surface area (TPSA) is 65.5 Å². The molecule has 2 atom stereocenters. The van der Waals surface area contributed by atoms with E-state index in [-0.39, 0.29) is 11.9 Å². The van der Waals surface area contributed by atoms with Crippen molar-refractivity contribution in [3.63, 3.8) is 0 Å². The lowest BCUT2D eigenvalue weighted by atomic mass is 10.0. The molecule has 0 bridgehead atoms. The molecule has 2 N–H and O–H groups in total. The summed E-state index contributed by atoms with van der Waals surface area (Å²) >= 11 is 0. The van der Waals surface area contributed by atoms with E-state index in [9.17, 15) is 9.90 Å². The largest absolute Gasteiger partial charge is 0.390 e. The number of nitrogens with zero attached hydrogens (tertiary/aromatic N) is 2. The molecule has 2 aromatic rings. The van der Waals surface area contributed by atoms with Gasteiger partial charge in [0, 0.05) is 25.8 Å². The maximum atomic E-state index is 12.2. The van der Waals surface area contributed by atoms with E-state index in [4.69, 9.17) is 0 Å². The normalized spacial score (nSPS) is 21.3. The molecule has 5 nitrogen and oxygen atoms in total. The molecule has 0 unspecified atom stereocenters. The minimum absolute atomic E-state index is 0.233. The number of rotatable bonds is 5. The van der Waals surface area contributed by atoms with Gasteiger partial charge in [-0.2, -0.15) is 0 Å². The van der Waals surface area contributed by atoms with E-state index in [0.29, 0.717) is 12.2 Å². The number of benzene rings is 1. The summed E-state index contributed by atoms with van der Waals surface area (Å²) in [4.78, 5) is 18.4. The van der Waals surface area contributed by atoms with Crippen LogP contribution in [0.15, 0.2) is 60.8 Å². The van der Waals surface area contributed by atoms with Crippen molar-refractivity contribution in [3.05, 3.63) is 72.1 Å². The third-order valence-corrected chi connectivity index (χ3v) is 4.35. The second-order valence-corrected chi connectivity index (χ2v) is 6.22. The van der Waals surface area contributed by atoms with Gasteiger partial charge in [0.25, 0.3) is 5.91 Å². The molecule has 1 aliphatic rings. The van der Waals surface area contributed by atoms with Crippen molar-refractivity contribution in [2.45, 2.75) is 18.6 Å². The van der Waals surface area contributed by atoms with Gasteiger partial charge in [-0.05, 0) is 24.1 Å². The monoisotopic (exact) mass is 337 g/mol. The van der Waals surface area contributed by atoms with Crippen LogP contribution in [0.4, 0.5) is 0 Å². The number of hydrogen-bond acceptors (Lipinski definition) is 4. The molecule has 25 heavy (non-hydrogen) atoms. The number of amides is 1. The fourth-order valence-corrected chi connectivity index (χ4v) is 2.97. The Morgan fingerprint density at radius 1 is 1.24 bits per heavy atom. The van der Waals surface area contributed by atoms with Crippen LogP contribution < -0.4 is 5.32 Å². The number of carbonyl (C=O) groups excluding carboxylic acids is 1. The zero-order chi connectivity index (χ0) is 17.5. The molecule has 1 aliphatic heterocycles. The summed E-state index contributed by atoms with van der Waals surface area (Å²) < 4.78 is 0. The van der Waals surface area contributed by atoms with Crippen molar-refractivity contribution in [1.82, 2.24) is 15.2 Å². The molecule has 130 valence electrons. The predicted octanol–water partition coefficient (Wildman–Crippen LogP) is 1.96. The van der Waals surface area contributed by atoms with E-state index < -0.39 is 6.10 Å². The van der Waals surface area contributed by atoms with Gasteiger partial charge < -0.3 is 10.4 Å². The lowest BCUT2D eigenvalue weighted by molar-refractivity contribution is 0.0421. The number of aliphatic hydroxyl groups is 1. The molecule has 1 fully saturated rings. The Balaban J connectivity index is 1.47. The minimum Gasteiger partial charge on any atom is -0.390 e. The highest BCUT2D eigenvalue weighted by molar-refractivity contribution is 5.92. The Hall–Kier alpha value is -2.50. The Morgan fingerprint density at radius 2 is 2.04 bits per heavy atom. The SMILES string of the molecule is O=C(N[C@@H]1CCN(CC=Cc2ccccc2)C[C@H]1O)c1ccccn1. The number of likely N-dealkylation sites (tertiary alicyclic amines) is 1. The molecule has 2 heterocycles. The average molecular weight is 337 g/mol. The zero-order valence-electron chi connectivity index (χ0n) is 14.1. The molecule has 1 aromatic heterocycles. The first-order valence-electron chi connectivity index (χ1n) is 8.56. The standard InChI is InChI=1S/C20H23N3O2/c24-19-15-23(13-6-9-16-7-2-1-3-8-16)14-11-17(19)22-20(25)18-10-4-5-12-21-18/h1-10,12,17,19,24H,11,13-15H2,(H,22,25)/t17-,19-/m1/s1. The Bertz CT molecular complexity index is 703. The summed E-state index contributed by atoms with van der Waals surface area (Å²) in [6.45, 7) is 2.17. The van der Waals surface area contributed by atoms with Crippen LogP contribution in [0, 0.1) is 0 Å². The quantitative estimate of drug-likeness (QED) is 0.875. The zero-order valence-corrected chi connectivity index (χ0v) is 14.1. The van der Waals surface area contributed by atoms with Gasteiger partial charge in [-0.15, -0.1) is 0 Å². The third-order valence-electron chi connectivity index (χ3n) is 4.35. The van der Waals surface area contributed by atoms with Crippen LogP contribution in [0.3, 0.4) is 0 Å². The van der Waals surface area contributed by atoms with Gasteiger partial charge in [0.1, 0.15) is 5.69 Å². The van der Waals surface area contributed by atoms with E-state index >= 15 is 0 Å². The smallest absolute Gasteiger partial charge is 0.270 e. The summed E-state index contributed by atoms with van der Waals surface area (Å²) in [5.41, 5.74) is 1.54. The van der Waals surface area contributed by atoms with Gasteiger partial charge in [0.15, 0.2) is 0 Å². The molecule has 1 saturated heterocycles. The molecule has 5 heteroatoms. The van der Waals surface area contributed by atoms with E-state index in [1.54, 1.807) is 24.4 Å². The minimum atomic E-state index is -0.577. The molecule has 1 aromatic carbocycles. The Labute approximate surface area is 148 Å². The van der Waals surface area contributed by atoms with E-state index in [0.717, 1.165) is 19.5 Å². The number of β-amino-alcohol motifs (C(OH)–C–C–N with tert-alkyl or cyclic N) is 1. The van der Waals surface area contributed by atoms with Gasteiger partial charge in [0.05, 0.1) is 12.1 Å². The highest BCUT2D eigenvalue weighted by Gasteiger charge is 2.28. The summed E-state index contributed by atoms with van der Waals surface area (Å²) in [5.74, 6) is -0.234. The number of pyridine rings is 1. The molecule has 0 saturated carbocycles. The maximum absolute atomic E-state index is 12.2. The van der Waals surface area contributed by atoms with Crippen LogP contribution in [-0.2, 0) is 0 Å². The van der Waals surface area contributed by atoms with Crippen LogP contribution in [0.25, 0.3) is 6.08 Å². The molecular formula is C20H23N3O2. The fraction of sp³-hybridized carbons (Fsp3) is 0.300. The van der Waals surface area contributed by atoms with Crippen molar-refractivity contribution in [2.24, 2.45) is 0 Å². The van der Waals surface area contributed by atoms with Crippen LogP contribution in [0.2, 0.25) is 0 Å². The number of nitrogens with one attached hydrogen (secondary N) is 1. The number of piperidine rings is 1. The molecule has 1 amide bonds. The summed E-state index contributed by atoms with van der Waals surface area (Å²) in [6, 6.07) is 15.1. The first-order chi connectivity index (χ1) is 12.2.